The van der Waals surface area contributed by atoms with Gasteiger partial charge in [0.1, 0.15) is 12.2 Å². The number of rotatable bonds is 5. The molecule has 0 radical (unpaired) electrons. The van der Waals surface area contributed by atoms with E-state index >= 15 is 0 Å². The normalized spacial score (nSPS) is 15.9. The van der Waals surface area contributed by atoms with Crippen molar-refractivity contribution in [3.05, 3.63) is 67.9 Å². The largest absolute Gasteiger partial charge is 0.466 e. The first-order valence-corrected chi connectivity index (χ1v) is 13.4. The number of likely N-dealkylation sites (tertiary alicyclic amines) is 1. The summed E-state index contributed by atoms with van der Waals surface area (Å²) in [6.45, 7) is 2.73. The highest BCUT2D eigenvalue weighted by Crippen LogP contribution is 2.34. The average Bonchev–Trinajstić information content (AvgIpc) is 3.23. The third-order valence-electron chi connectivity index (χ3n) is 6.44. The van der Waals surface area contributed by atoms with E-state index in [0.717, 1.165) is 10.4 Å². The van der Waals surface area contributed by atoms with Crippen molar-refractivity contribution in [3.8, 4) is 10.4 Å². The van der Waals surface area contributed by atoms with Crippen LogP contribution < -0.4 is 5.56 Å². The first-order valence-electron chi connectivity index (χ1n) is 11.8. The lowest BCUT2D eigenvalue weighted by Crippen LogP contribution is -2.45. The number of benzene rings is 2. The van der Waals surface area contributed by atoms with E-state index < -0.39 is 0 Å². The van der Waals surface area contributed by atoms with Crippen LogP contribution in [0.1, 0.15) is 19.8 Å². The van der Waals surface area contributed by atoms with Gasteiger partial charge in [0.15, 0.2) is 3.95 Å². The molecule has 1 amide bonds. The molecule has 1 saturated heterocycles. The molecule has 0 saturated carbocycles. The number of hydrogen-bond acceptors (Lipinski definition) is 6. The van der Waals surface area contributed by atoms with Crippen molar-refractivity contribution in [1.29, 1.82) is 0 Å². The first kappa shape index (κ1) is 24.7. The Hall–Kier alpha value is -3.01. The molecule has 2 aromatic heterocycles. The summed E-state index contributed by atoms with van der Waals surface area (Å²) in [5.41, 5.74) is 1.80. The van der Waals surface area contributed by atoms with Gasteiger partial charge in [-0.15, -0.1) is 11.3 Å². The van der Waals surface area contributed by atoms with Gasteiger partial charge in [-0.1, -0.05) is 35.9 Å². The second kappa shape index (κ2) is 10.2. The van der Waals surface area contributed by atoms with Crippen LogP contribution in [0.4, 0.5) is 0 Å². The summed E-state index contributed by atoms with van der Waals surface area (Å²) in [6.07, 6.45) is 1.38. The molecule has 2 aromatic carbocycles. The Bertz CT molecular complexity index is 1610. The summed E-state index contributed by atoms with van der Waals surface area (Å²) in [6, 6.07) is 14.6. The summed E-state index contributed by atoms with van der Waals surface area (Å²) in [5, 5.41) is 1.04. The maximum Gasteiger partial charge on any atom is 0.310 e. The van der Waals surface area contributed by atoms with Crippen LogP contribution in [0.3, 0.4) is 0 Å². The van der Waals surface area contributed by atoms with Crippen LogP contribution in [0.15, 0.2) is 53.3 Å². The van der Waals surface area contributed by atoms with E-state index in [2.05, 4.69) is 0 Å². The van der Waals surface area contributed by atoms with Crippen molar-refractivity contribution in [2.24, 2.45) is 5.92 Å². The van der Waals surface area contributed by atoms with Crippen molar-refractivity contribution < 1.29 is 14.3 Å². The number of halogens is 1. The number of ether oxygens (including phenoxy) is 1. The fourth-order valence-corrected chi connectivity index (χ4v) is 6.38. The smallest absolute Gasteiger partial charge is 0.310 e. The van der Waals surface area contributed by atoms with Gasteiger partial charge in [-0.3, -0.25) is 23.4 Å². The van der Waals surface area contributed by atoms with Crippen LogP contribution in [0, 0.1) is 9.87 Å². The Morgan fingerprint density at radius 2 is 2.00 bits per heavy atom. The number of fused-ring (bicyclic) bond motifs is 3. The van der Waals surface area contributed by atoms with E-state index in [1.807, 2.05) is 34.7 Å². The summed E-state index contributed by atoms with van der Waals surface area (Å²) >= 11 is 13.4. The molecule has 1 fully saturated rings. The van der Waals surface area contributed by atoms with Crippen molar-refractivity contribution in [3.63, 3.8) is 0 Å². The van der Waals surface area contributed by atoms with Crippen molar-refractivity contribution in [2.45, 2.75) is 26.3 Å². The predicted octanol–water partition coefficient (Wildman–Crippen LogP) is 5.17. The van der Waals surface area contributed by atoms with E-state index in [1.165, 1.54) is 15.9 Å². The van der Waals surface area contributed by atoms with Gasteiger partial charge in [0, 0.05) is 18.1 Å². The van der Waals surface area contributed by atoms with Gasteiger partial charge in [0.2, 0.25) is 5.91 Å². The number of aromatic nitrogens is 2. The Morgan fingerprint density at radius 3 is 2.78 bits per heavy atom. The van der Waals surface area contributed by atoms with Crippen LogP contribution in [0.2, 0.25) is 5.02 Å². The molecule has 5 rings (SSSR count). The van der Waals surface area contributed by atoms with Crippen LogP contribution in [0.5, 0.6) is 0 Å². The molecule has 7 nitrogen and oxygen atoms in total. The molecule has 1 unspecified atom stereocenters. The monoisotopic (exact) mass is 541 g/mol. The van der Waals surface area contributed by atoms with Gasteiger partial charge < -0.3 is 9.64 Å². The van der Waals surface area contributed by atoms with Gasteiger partial charge in [-0.25, -0.2) is 0 Å². The first-order chi connectivity index (χ1) is 17.4. The number of esters is 1. The summed E-state index contributed by atoms with van der Waals surface area (Å²) in [7, 11) is 0. The van der Waals surface area contributed by atoms with Crippen LogP contribution in [-0.4, -0.2) is 45.4 Å². The zero-order valence-electron chi connectivity index (χ0n) is 19.6. The van der Waals surface area contributed by atoms with E-state index in [1.54, 1.807) is 30.0 Å². The van der Waals surface area contributed by atoms with Crippen LogP contribution in [-0.2, 0) is 20.9 Å². The van der Waals surface area contributed by atoms with Crippen molar-refractivity contribution >= 4 is 63.6 Å². The highest BCUT2D eigenvalue weighted by molar-refractivity contribution is 7.73. The van der Waals surface area contributed by atoms with E-state index in [-0.39, 0.29) is 36.4 Å². The molecular formula is C26H24ClN3O4S2. The molecule has 1 aliphatic heterocycles. The van der Waals surface area contributed by atoms with Gasteiger partial charge in [-0.05, 0) is 61.8 Å². The summed E-state index contributed by atoms with van der Waals surface area (Å²) < 4.78 is 9.10. The third kappa shape index (κ3) is 4.47. The van der Waals surface area contributed by atoms with Gasteiger partial charge in [-0.2, -0.15) is 0 Å². The average molecular weight is 542 g/mol. The molecule has 186 valence electrons. The molecule has 1 atom stereocenters. The molecule has 0 spiro atoms. The third-order valence-corrected chi connectivity index (χ3v) is 8.08. The van der Waals surface area contributed by atoms with Crippen LogP contribution >= 0.6 is 35.2 Å². The minimum Gasteiger partial charge on any atom is -0.466 e. The second-order valence-electron chi connectivity index (χ2n) is 8.71. The highest BCUT2D eigenvalue weighted by atomic mass is 35.5. The highest BCUT2D eigenvalue weighted by Gasteiger charge is 2.30. The van der Waals surface area contributed by atoms with Crippen LogP contribution in [0.25, 0.3) is 27.0 Å². The van der Waals surface area contributed by atoms with Crippen molar-refractivity contribution in [1.82, 2.24) is 13.9 Å². The number of hydrogen-bond donors (Lipinski definition) is 0. The number of carbonyl (C=O) groups excluding carboxylic acids is 2. The Labute approximate surface area is 221 Å². The minimum atomic E-state index is -0.354. The topological polar surface area (TPSA) is 73.0 Å². The maximum atomic E-state index is 13.7. The molecule has 36 heavy (non-hydrogen) atoms. The molecule has 4 aromatic rings. The number of piperidine rings is 1. The number of amides is 1. The lowest BCUT2D eigenvalue weighted by Gasteiger charge is -2.31. The van der Waals surface area contributed by atoms with Gasteiger partial charge in [0.25, 0.3) is 5.56 Å². The van der Waals surface area contributed by atoms with Gasteiger partial charge in [0.05, 0.1) is 28.3 Å². The fraction of sp³-hybridized carbons (Fsp3) is 0.308. The van der Waals surface area contributed by atoms with E-state index in [0.29, 0.717) is 51.5 Å². The molecular weight excluding hydrogens is 518 g/mol. The molecule has 0 bridgehead atoms. The SMILES string of the molecule is CCOC(=O)C1CCCN(C(=O)Cn2c(=O)c3ccccc3n3c(=S)sc(-c4cccc(Cl)c4)c23)C1. The Morgan fingerprint density at radius 1 is 1.19 bits per heavy atom. The summed E-state index contributed by atoms with van der Waals surface area (Å²) in [5.74, 6) is -0.863. The summed E-state index contributed by atoms with van der Waals surface area (Å²) in [4.78, 5) is 41.9. The second-order valence-corrected chi connectivity index (χ2v) is 10.8. The minimum absolute atomic E-state index is 0.165. The Kier molecular flexibility index (Phi) is 6.96. The van der Waals surface area contributed by atoms with Crippen molar-refractivity contribution in [2.75, 3.05) is 19.7 Å². The number of nitrogens with zero attached hydrogens (tertiary/aromatic N) is 3. The quantitative estimate of drug-likeness (QED) is 0.257. The number of thiazole rings is 1. The molecule has 10 heteroatoms. The molecule has 1 aliphatic rings. The number of carbonyl (C=O) groups is 2. The zero-order chi connectivity index (χ0) is 25.4. The zero-order valence-corrected chi connectivity index (χ0v) is 22.0. The Balaban J connectivity index is 1.63. The van der Waals surface area contributed by atoms with Gasteiger partial charge >= 0.3 is 5.97 Å². The molecule has 3 heterocycles. The predicted molar refractivity (Wildman–Crippen MR) is 144 cm³/mol. The number of para-hydroxylation sites is 1. The molecule has 0 aliphatic carbocycles. The standard InChI is InChI=1S/C26H24ClN3O4S2/c1-2-34-25(33)17-8-6-12-28(14-17)21(31)15-29-23-22(16-7-5-9-18(27)13-16)36-26(35)30(23)20-11-4-3-10-19(20)24(29)32/h3-5,7,9-11,13,17H,2,6,8,12,14-15H2,1H3. The lowest BCUT2D eigenvalue weighted by atomic mass is 9.98. The fourth-order valence-electron chi connectivity index (χ4n) is 4.77. The van der Waals surface area contributed by atoms with E-state index in [9.17, 15) is 14.4 Å². The van der Waals surface area contributed by atoms with E-state index in [4.69, 9.17) is 28.6 Å². The maximum absolute atomic E-state index is 13.7. The molecule has 0 N–H and O–H groups in total. The lowest BCUT2D eigenvalue weighted by molar-refractivity contribution is -0.151.